The Balaban J connectivity index is 3.87. The first-order valence-electron chi connectivity index (χ1n) is 4.76. The second-order valence-electron chi connectivity index (χ2n) is 3.63. The lowest BCUT2D eigenvalue weighted by Crippen LogP contribution is -2.12. The largest absolute Gasteiger partial charge is 0.461 e. The van der Waals surface area contributed by atoms with E-state index in [0.29, 0.717) is 5.92 Å². The molecule has 0 aliphatic heterocycles. The van der Waals surface area contributed by atoms with Crippen LogP contribution >= 0.6 is 0 Å². The van der Waals surface area contributed by atoms with Crippen molar-refractivity contribution in [2.45, 2.75) is 26.7 Å². The summed E-state index contributed by atoms with van der Waals surface area (Å²) in [5.74, 6) is -0.128. The van der Waals surface area contributed by atoms with Crippen LogP contribution in [0.4, 0.5) is 0 Å². The third-order valence-corrected chi connectivity index (χ3v) is 1.71. The zero-order valence-electron chi connectivity index (χ0n) is 8.82. The number of hydrogen-bond acceptors (Lipinski definition) is 3. The number of carbonyl (C=O) groups excluding carboxylic acids is 1. The summed E-state index contributed by atoms with van der Waals surface area (Å²) in [6.45, 7) is 7.71. The van der Waals surface area contributed by atoms with E-state index in [4.69, 9.17) is 10.00 Å². The van der Waals surface area contributed by atoms with E-state index in [1.165, 1.54) is 6.08 Å². The van der Waals surface area contributed by atoms with E-state index in [1.807, 2.05) is 13.8 Å². The van der Waals surface area contributed by atoms with Crippen molar-refractivity contribution >= 4 is 5.97 Å². The highest BCUT2D eigenvalue weighted by Crippen LogP contribution is 2.14. The molecule has 0 aliphatic rings. The van der Waals surface area contributed by atoms with Crippen molar-refractivity contribution in [3.8, 4) is 6.07 Å². The van der Waals surface area contributed by atoms with Gasteiger partial charge < -0.3 is 4.74 Å². The molecular weight excluding hydrogens is 178 g/mol. The molecule has 0 aliphatic carbocycles. The predicted octanol–water partition coefficient (Wildman–Crippen LogP) is 2.29. The van der Waals surface area contributed by atoms with E-state index in [0.717, 1.165) is 6.42 Å². The zero-order chi connectivity index (χ0) is 11.0. The normalized spacial score (nSPS) is 11.9. The van der Waals surface area contributed by atoms with Gasteiger partial charge in [-0.15, -0.1) is 0 Å². The van der Waals surface area contributed by atoms with Crippen LogP contribution in [0.25, 0.3) is 0 Å². The SMILES string of the molecule is C=CCOC(=O)C[C@@H](C#N)CC(C)C. The Labute approximate surface area is 85.4 Å². The highest BCUT2D eigenvalue weighted by atomic mass is 16.5. The van der Waals surface area contributed by atoms with Crippen LogP contribution in [0.5, 0.6) is 0 Å². The first-order valence-corrected chi connectivity index (χ1v) is 4.76. The monoisotopic (exact) mass is 195 g/mol. The molecule has 14 heavy (non-hydrogen) atoms. The van der Waals surface area contributed by atoms with E-state index in [2.05, 4.69) is 12.6 Å². The molecule has 0 spiro atoms. The van der Waals surface area contributed by atoms with Gasteiger partial charge in [0.05, 0.1) is 18.4 Å². The van der Waals surface area contributed by atoms with Crippen LogP contribution in [-0.4, -0.2) is 12.6 Å². The minimum atomic E-state index is -0.322. The fourth-order valence-corrected chi connectivity index (χ4v) is 1.16. The molecule has 0 amide bonds. The van der Waals surface area contributed by atoms with Gasteiger partial charge >= 0.3 is 5.97 Å². The Kier molecular flexibility index (Phi) is 6.47. The third kappa shape index (κ3) is 6.24. The molecule has 1 atom stereocenters. The Hall–Kier alpha value is -1.30. The van der Waals surface area contributed by atoms with Crippen molar-refractivity contribution < 1.29 is 9.53 Å². The molecule has 0 saturated heterocycles. The van der Waals surface area contributed by atoms with E-state index >= 15 is 0 Å². The van der Waals surface area contributed by atoms with Gasteiger partial charge in [-0.25, -0.2) is 0 Å². The Morgan fingerprint density at radius 2 is 2.29 bits per heavy atom. The van der Waals surface area contributed by atoms with Crippen LogP contribution in [0.3, 0.4) is 0 Å². The van der Waals surface area contributed by atoms with Gasteiger partial charge in [0.2, 0.25) is 0 Å². The number of ether oxygens (including phenoxy) is 1. The van der Waals surface area contributed by atoms with Crippen LogP contribution in [-0.2, 0) is 9.53 Å². The maximum Gasteiger partial charge on any atom is 0.307 e. The molecule has 0 saturated carbocycles. The summed E-state index contributed by atoms with van der Waals surface area (Å²) >= 11 is 0. The van der Waals surface area contributed by atoms with Crippen LogP contribution in [0.1, 0.15) is 26.7 Å². The van der Waals surface area contributed by atoms with Gasteiger partial charge in [0.25, 0.3) is 0 Å². The second-order valence-corrected chi connectivity index (χ2v) is 3.63. The van der Waals surface area contributed by atoms with Gasteiger partial charge in [0.1, 0.15) is 6.61 Å². The molecule has 3 heteroatoms. The average molecular weight is 195 g/mol. The maximum atomic E-state index is 11.1. The lowest BCUT2D eigenvalue weighted by molar-refractivity contribution is -0.143. The van der Waals surface area contributed by atoms with Crippen molar-refractivity contribution in [2.24, 2.45) is 11.8 Å². The molecule has 78 valence electrons. The summed E-state index contributed by atoms with van der Waals surface area (Å²) in [5, 5.41) is 8.77. The zero-order valence-corrected chi connectivity index (χ0v) is 8.82. The number of carbonyl (C=O) groups is 1. The molecule has 0 aromatic carbocycles. The average Bonchev–Trinajstić information content (AvgIpc) is 2.12. The number of nitrogens with zero attached hydrogens (tertiary/aromatic N) is 1. The van der Waals surface area contributed by atoms with Crippen LogP contribution in [0.15, 0.2) is 12.7 Å². The number of hydrogen-bond donors (Lipinski definition) is 0. The fourth-order valence-electron chi connectivity index (χ4n) is 1.16. The third-order valence-electron chi connectivity index (χ3n) is 1.71. The van der Waals surface area contributed by atoms with E-state index in [9.17, 15) is 4.79 Å². The lowest BCUT2D eigenvalue weighted by atomic mass is 9.96. The summed E-state index contributed by atoms with van der Waals surface area (Å²) in [6, 6.07) is 2.11. The molecule has 0 radical (unpaired) electrons. The molecule has 3 nitrogen and oxygen atoms in total. The molecule has 0 aromatic rings. The summed E-state index contributed by atoms with van der Waals surface area (Å²) < 4.78 is 4.80. The molecule has 0 rings (SSSR count). The van der Waals surface area contributed by atoms with Crippen molar-refractivity contribution in [3.05, 3.63) is 12.7 Å². The van der Waals surface area contributed by atoms with E-state index in [-0.39, 0.29) is 24.9 Å². The van der Waals surface area contributed by atoms with E-state index in [1.54, 1.807) is 0 Å². The Bertz CT molecular complexity index is 228. The topological polar surface area (TPSA) is 50.1 Å². The molecule has 0 N–H and O–H groups in total. The molecular formula is C11H17NO2. The van der Waals surface area contributed by atoms with Crippen LogP contribution < -0.4 is 0 Å². The van der Waals surface area contributed by atoms with Gasteiger partial charge in [0, 0.05) is 0 Å². The Morgan fingerprint density at radius 1 is 1.64 bits per heavy atom. The fraction of sp³-hybridized carbons (Fsp3) is 0.636. The smallest absolute Gasteiger partial charge is 0.307 e. The van der Waals surface area contributed by atoms with E-state index < -0.39 is 0 Å². The van der Waals surface area contributed by atoms with Crippen molar-refractivity contribution in [1.29, 1.82) is 5.26 Å². The van der Waals surface area contributed by atoms with Crippen LogP contribution in [0.2, 0.25) is 0 Å². The Morgan fingerprint density at radius 3 is 2.71 bits per heavy atom. The van der Waals surface area contributed by atoms with Crippen molar-refractivity contribution in [2.75, 3.05) is 6.61 Å². The van der Waals surface area contributed by atoms with Crippen molar-refractivity contribution in [1.82, 2.24) is 0 Å². The second kappa shape index (κ2) is 7.14. The predicted molar refractivity (Wildman–Crippen MR) is 54.3 cm³/mol. The number of esters is 1. The van der Waals surface area contributed by atoms with Gasteiger partial charge in [-0.2, -0.15) is 5.26 Å². The minimum absolute atomic E-state index is 0.183. The summed E-state index contributed by atoms with van der Waals surface area (Å²) in [6.07, 6.45) is 2.43. The van der Waals surface area contributed by atoms with Crippen LogP contribution in [0, 0.1) is 23.2 Å². The lowest BCUT2D eigenvalue weighted by Gasteiger charge is -2.10. The quantitative estimate of drug-likeness (QED) is 0.482. The molecule has 0 unspecified atom stereocenters. The summed E-state index contributed by atoms with van der Waals surface area (Å²) in [4.78, 5) is 11.1. The maximum absolute atomic E-state index is 11.1. The van der Waals surface area contributed by atoms with Gasteiger partial charge in [-0.1, -0.05) is 26.5 Å². The summed E-state index contributed by atoms with van der Waals surface area (Å²) in [5.41, 5.74) is 0. The van der Waals surface area contributed by atoms with Gasteiger partial charge in [-0.3, -0.25) is 4.79 Å². The molecule has 0 fully saturated rings. The molecule has 0 bridgehead atoms. The van der Waals surface area contributed by atoms with Gasteiger partial charge in [-0.05, 0) is 12.3 Å². The van der Waals surface area contributed by atoms with Crippen molar-refractivity contribution in [3.63, 3.8) is 0 Å². The summed E-state index contributed by atoms with van der Waals surface area (Å²) in [7, 11) is 0. The first-order chi connectivity index (χ1) is 6.60. The minimum Gasteiger partial charge on any atom is -0.461 e. The highest BCUT2D eigenvalue weighted by molar-refractivity contribution is 5.70. The first kappa shape index (κ1) is 12.7. The standard InChI is InChI=1S/C11H17NO2/c1-4-5-14-11(13)7-10(8-12)6-9(2)3/h4,9-10H,1,5-7H2,2-3H3/t10-/m0/s1. The number of nitriles is 1. The number of rotatable bonds is 6. The molecule has 0 heterocycles. The molecule has 0 aromatic heterocycles. The van der Waals surface area contributed by atoms with Gasteiger partial charge in [0.15, 0.2) is 0 Å². The highest BCUT2D eigenvalue weighted by Gasteiger charge is 2.15.